The summed E-state index contributed by atoms with van der Waals surface area (Å²) in [6.45, 7) is 0. The first kappa shape index (κ1) is 6.59. The molecule has 9 heavy (non-hydrogen) atoms. The van der Waals surface area contributed by atoms with Crippen LogP contribution < -0.4 is 5.84 Å². The molecule has 1 aliphatic carbocycles. The highest BCUT2D eigenvalue weighted by Gasteiger charge is 2.09. The monoisotopic (exact) mass is 125 g/mol. The maximum atomic E-state index is 6.61. The van der Waals surface area contributed by atoms with Crippen molar-refractivity contribution >= 4 is 6.21 Å². The van der Waals surface area contributed by atoms with Crippen molar-refractivity contribution in [1.29, 1.82) is 0 Å². The largest absolute Gasteiger partial charge is 0.205 e. The molecular weight excluding hydrogens is 112 g/mol. The minimum absolute atomic E-state index is 0.622. The van der Waals surface area contributed by atoms with Gasteiger partial charge in [-0.3, -0.25) is 0 Å². The summed E-state index contributed by atoms with van der Waals surface area (Å²) >= 11 is 0. The van der Waals surface area contributed by atoms with Crippen molar-refractivity contribution in [1.82, 2.24) is 5.84 Å². The van der Waals surface area contributed by atoms with Crippen LogP contribution in [-0.4, -0.2) is 6.21 Å². The molecule has 0 aromatic carbocycles. The molecule has 0 aromatic rings. The molecule has 1 aliphatic rings. The SMILES string of the molecule is [NH]N=CC1CCCCC1. The lowest BCUT2D eigenvalue weighted by Crippen LogP contribution is -2.06. The van der Waals surface area contributed by atoms with Gasteiger partial charge in [0.05, 0.1) is 0 Å². The molecule has 51 valence electrons. The molecule has 0 unspecified atom stereocenters. The fourth-order valence-electron chi connectivity index (χ4n) is 1.39. The highest BCUT2D eigenvalue weighted by Crippen LogP contribution is 2.21. The van der Waals surface area contributed by atoms with Gasteiger partial charge in [0.2, 0.25) is 0 Å². The van der Waals surface area contributed by atoms with Gasteiger partial charge in [0.25, 0.3) is 0 Å². The fraction of sp³-hybridized carbons (Fsp3) is 0.857. The van der Waals surface area contributed by atoms with Crippen molar-refractivity contribution in [3.05, 3.63) is 0 Å². The Morgan fingerprint density at radius 1 is 1.22 bits per heavy atom. The van der Waals surface area contributed by atoms with Crippen LogP contribution in [0.5, 0.6) is 0 Å². The molecule has 0 spiro atoms. The summed E-state index contributed by atoms with van der Waals surface area (Å²) in [5.74, 6) is 7.23. The molecule has 1 radical (unpaired) electrons. The van der Waals surface area contributed by atoms with Gasteiger partial charge < -0.3 is 0 Å². The zero-order chi connectivity index (χ0) is 6.53. The molecule has 0 aliphatic heterocycles. The van der Waals surface area contributed by atoms with Gasteiger partial charge in [0.1, 0.15) is 0 Å². The van der Waals surface area contributed by atoms with Gasteiger partial charge in [-0.25, -0.2) is 5.84 Å². The van der Waals surface area contributed by atoms with E-state index in [0.717, 1.165) is 0 Å². The summed E-state index contributed by atoms with van der Waals surface area (Å²) in [4.78, 5) is 0. The van der Waals surface area contributed by atoms with Crippen LogP contribution in [0.2, 0.25) is 0 Å². The lowest BCUT2D eigenvalue weighted by atomic mass is 9.90. The van der Waals surface area contributed by atoms with Crippen LogP contribution >= 0.6 is 0 Å². The van der Waals surface area contributed by atoms with Crippen molar-refractivity contribution in [3.8, 4) is 0 Å². The molecule has 0 aromatic heterocycles. The Bertz CT molecular complexity index is 93.1. The summed E-state index contributed by atoms with van der Waals surface area (Å²) in [6.07, 6.45) is 8.32. The quantitative estimate of drug-likeness (QED) is 0.378. The molecule has 2 heteroatoms. The van der Waals surface area contributed by atoms with Crippen molar-refractivity contribution in [2.45, 2.75) is 32.1 Å². The van der Waals surface area contributed by atoms with E-state index in [4.69, 9.17) is 5.84 Å². The van der Waals surface area contributed by atoms with E-state index in [2.05, 4.69) is 5.10 Å². The second-order valence-electron chi connectivity index (χ2n) is 2.68. The average Bonchev–Trinajstić information content (AvgIpc) is 1.91. The molecule has 0 heterocycles. The molecule has 1 saturated carbocycles. The second kappa shape index (κ2) is 3.49. The van der Waals surface area contributed by atoms with E-state index in [-0.39, 0.29) is 0 Å². The lowest BCUT2D eigenvalue weighted by molar-refractivity contribution is 0.444. The highest BCUT2D eigenvalue weighted by molar-refractivity contribution is 5.60. The van der Waals surface area contributed by atoms with Crippen LogP contribution in [0.15, 0.2) is 5.10 Å². The van der Waals surface area contributed by atoms with Crippen molar-refractivity contribution in [2.75, 3.05) is 0 Å². The minimum Gasteiger partial charge on any atom is -0.205 e. The van der Waals surface area contributed by atoms with Crippen LogP contribution in [0.4, 0.5) is 0 Å². The third-order valence-electron chi connectivity index (χ3n) is 1.94. The van der Waals surface area contributed by atoms with Crippen LogP contribution in [0.25, 0.3) is 0 Å². The van der Waals surface area contributed by atoms with Crippen LogP contribution in [0.1, 0.15) is 32.1 Å². The topological polar surface area (TPSA) is 36.2 Å². The molecule has 1 N–H and O–H groups in total. The number of hydrogen-bond donors (Lipinski definition) is 0. The molecule has 0 bridgehead atoms. The smallest absolute Gasteiger partial charge is 0.0294 e. The van der Waals surface area contributed by atoms with E-state index in [1.807, 2.05) is 0 Å². The van der Waals surface area contributed by atoms with Gasteiger partial charge in [-0.15, -0.1) is 0 Å². The first-order valence-corrected chi connectivity index (χ1v) is 3.63. The van der Waals surface area contributed by atoms with Crippen LogP contribution in [0, 0.1) is 5.92 Å². The van der Waals surface area contributed by atoms with E-state index in [9.17, 15) is 0 Å². The molecular formula is C7H13N2. The second-order valence-corrected chi connectivity index (χ2v) is 2.68. The molecule has 1 rings (SSSR count). The van der Waals surface area contributed by atoms with Gasteiger partial charge in [0.15, 0.2) is 0 Å². The van der Waals surface area contributed by atoms with Gasteiger partial charge in [0, 0.05) is 6.21 Å². The Hall–Kier alpha value is -0.530. The van der Waals surface area contributed by atoms with E-state index in [1.165, 1.54) is 32.1 Å². The summed E-state index contributed by atoms with van der Waals surface area (Å²) in [5.41, 5.74) is 0. The first-order valence-electron chi connectivity index (χ1n) is 3.63. The number of nitrogens with one attached hydrogen (secondary N) is 1. The number of nitrogens with zero attached hydrogens (tertiary/aromatic N) is 1. The van der Waals surface area contributed by atoms with Crippen LogP contribution in [0.3, 0.4) is 0 Å². The summed E-state index contributed by atoms with van der Waals surface area (Å²) in [7, 11) is 0. The molecule has 0 saturated heterocycles. The average molecular weight is 125 g/mol. The maximum absolute atomic E-state index is 6.61. The van der Waals surface area contributed by atoms with E-state index >= 15 is 0 Å². The molecule has 2 nitrogen and oxygen atoms in total. The maximum Gasteiger partial charge on any atom is 0.0294 e. The van der Waals surface area contributed by atoms with Gasteiger partial charge in [-0.1, -0.05) is 19.3 Å². The number of hydrogen-bond acceptors (Lipinski definition) is 1. The van der Waals surface area contributed by atoms with Crippen molar-refractivity contribution in [3.63, 3.8) is 0 Å². The lowest BCUT2D eigenvalue weighted by Gasteiger charge is -2.15. The van der Waals surface area contributed by atoms with E-state index in [1.54, 1.807) is 6.21 Å². The van der Waals surface area contributed by atoms with E-state index in [0.29, 0.717) is 5.92 Å². The predicted octanol–water partition coefficient (Wildman–Crippen LogP) is 1.84. The van der Waals surface area contributed by atoms with Crippen molar-refractivity contribution in [2.24, 2.45) is 11.0 Å². The normalized spacial score (nSPS) is 23.1. The summed E-state index contributed by atoms with van der Waals surface area (Å²) < 4.78 is 0. The van der Waals surface area contributed by atoms with Crippen LogP contribution in [-0.2, 0) is 0 Å². The van der Waals surface area contributed by atoms with Gasteiger partial charge in [-0.05, 0) is 18.8 Å². The minimum atomic E-state index is 0.622. The standard InChI is InChI=1S/C7H13N2/c8-9-6-7-4-2-1-3-5-7/h6-8H,1-5H2. The predicted molar refractivity (Wildman–Crippen MR) is 38.2 cm³/mol. The Balaban J connectivity index is 2.23. The van der Waals surface area contributed by atoms with E-state index < -0.39 is 0 Å². The van der Waals surface area contributed by atoms with Gasteiger partial charge in [-0.2, -0.15) is 5.10 Å². The third-order valence-corrected chi connectivity index (χ3v) is 1.94. The first-order chi connectivity index (χ1) is 4.43. The van der Waals surface area contributed by atoms with Gasteiger partial charge >= 0.3 is 0 Å². The zero-order valence-electron chi connectivity index (χ0n) is 5.64. The molecule has 0 atom stereocenters. The Labute approximate surface area is 56.1 Å². The Morgan fingerprint density at radius 2 is 1.89 bits per heavy atom. The summed E-state index contributed by atoms with van der Waals surface area (Å²) in [6, 6.07) is 0. The third kappa shape index (κ3) is 2.04. The number of rotatable bonds is 1. The highest BCUT2D eigenvalue weighted by atomic mass is 15.1. The molecule has 1 fully saturated rings. The molecule has 0 amide bonds. The van der Waals surface area contributed by atoms with Crippen molar-refractivity contribution < 1.29 is 0 Å². The summed E-state index contributed by atoms with van der Waals surface area (Å²) in [5, 5.41) is 3.28. The Morgan fingerprint density at radius 3 is 2.44 bits per heavy atom. The Kier molecular flexibility index (Phi) is 2.55. The zero-order valence-corrected chi connectivity index (χ0v) is 5.64. The fourth-order valence-corrected chi connectivity index (χ4v) is 1.39.